The normalized spacial score (nSPS) is 11.7. The molecular formula is C21H27N3O6. The summed E-state index contributed by atoms with van der Waals surface area (Å²) < 4.78 is 12.5. The first-order valence-corrected chi connectivity index (χ1v) is 9.41. The number of rotatable bonds is 4. The lowest BCUT2D eigenvalue weighted by Crippen LogP contribution is -2.43. The van der Waals surface area contributed by atoms with Gasteiger partial charge in [0.1, 0.15) is 11.2 Å². The quantitative estimate of drug-likeness (QED) is 0.509. The molecule has 0 spiro atoms. The van der Waals surface area contributed by atoms with Gasteiger partial charge in [0, 0.05) is 30.1 Å². The fourth-order valence-corrected chi connectivity index (χ4v) is 2.57. The maximum Gasteiger partial charge on any atom is 0.420 e. The molecule has 0 saturated heterocycles. The van der Waals surface area contributed by atoms with Gasteiger partial charge in [-0.05, 0) is 59.7 Å². The van der Waals surface area contributed by atoms with Gasteiger partial charge in [-0.25, -0.2) is 14.5 Å². The van der Waals surface area contributed by atoms with Crippen LogP contribution in [-0.2, 0) is 16.0 Å². The number of hydrogen-bond donors (Lipinski definition) is 0. The highest BCUT2D eigenvalue weighted by Gasteiger charge is 2.32. The fraction of sp³-hybridized carbons (Fsp3) is 0.429. The first-order valence-electron chi connectivity index (χ1n) is 9.41. The minimum absolute atomic E-state index is 0.158. The third-order valence-electron chi connectivity index (χ3n) is 3.71. The zero-order valence-electron chi connectivity index (χ0n) is 18.0. The second kappa shape index (κ2) is 8.56. The number of nitro groups is 1. The maximum absolute atomic E-state index is 12.8. The van der Waals surface area contributed by atoms with E-state index in [-0.39, 0.29) is 12.2 Å². The second-order valence-electron chi connectivity index (χ2n) is 8.71. The van der Waals surface area contributed by atoms with Crippen molar-refractivity contribution in [3.05, 3.63) is 58.4 Å². The number of carbonyl (C=O) groups excluding carboxylic acids is 2. The van der Waals surface area contributed by atoms with Crippen LogP contribution in [0.2, 0.25) is 0 Å². The number of hydrogen-bond acceptors (Lipinski definition) is 6. The number of carbonyl (C=O) groups is 2. The molecule has 9 nitrogen and oxygen atoms in total. The summed E-state index contributed by atoms with van der Waals surface area (Å²) in [6.45, 7) is 9.80. The van der Waals surface area contributed by atoms with E-state index in [9.17, 15) is 19.7 Å². The van der Waals surface area contributed by atoms with E-state index in [4.69, 9.17) is 9.47 Å². The van der Waals surface area contributed by atoms with Gasteiger partial charge in [0.05, 0.1) is 17.2 Å². The Morgan fingerprint density at radius 3 is 1.93 bits per heavy atom. The van der Waals surface area contributed by atoms with Crippen molar-refractivity contribution < 1.29 is 24.0 Å². The number of non-ortho nitro benzene ring substituents is 1. The van der Waals surface area contributed by atoms with Crippen molar-refractivity contribution in [3.63, 3.8) is 0 Å². The number of nitro benzene ring substituents is 1. The molecule has 0 fully saturated rings. The molecule has 1 aromatic heterocycles. The zero-order valence-corrected chi connectivity index (χ0v) is 18.0. The number of ether oxygens (including phenoxy) is 2. The topological polar surface area (TPSA) is 104 Å². The summed E-state index contributed by atoms with van der Waals surface area (Å²) in [6, 6.07) is 7.85. The SMILES string of the molecule is CC(C)(C)OC(=O)N(Cc1cc([N+](=O)[O-])ccc1-n1cccc1)C(=O)OC(C)(C)C. The third kappa shape index (κ3) is 6.33. The van der Waals surface area contributed by atoms with Crippen LogP contribution in [0.1, 0.15) is 47.1 Å². The molecule has 2 aromatic rings. The first kappa shape index (κ1) is 22.9. The molecule has 1 heterocycles. The van der Waals surface area contributed by atoms with Crippen molar-refractivity contribution in [2.24, 2.45) is 0 Å². The summed E-state index contributed by atoms with van der Waals surface area (Å²) in [5.74, 6) is 0. The highest BCUT2D eigenvalue weighted by Crippen LogP contribution is 2.25. The van der Waals surface area contributed by atoms with Crippen LogP contribution >= 0.6 is 0 Å². The molecule has 0 aliphatic carbocycles. The molecule has 0 bridgehead atoms. The largest absolute Gasteiger partial charge is 0.443 e. The van der Waals surface area contributed by atoms with Crippen LogP contribution < -0.4 is 0 Å². The summed E-state index contributed by atoms with van der Waals surface area (Å²) in [4.78, 5) is 37.1. The van der Waals surface area contributed by atoms with Crippen LogP contribution in [0.4, 0.5) is 15.3 Å². The van der Waals surface area contributed by atoms with E-state index >= 15 is 0 Å². The predicted molar refractivity (Wildman–Crippen MR) is 110 cm³/mol. The fourth-order valence-electron chi connectivity index (χ4n) is 2.57. The van der Waals surface area contributed by atoms with Gasteiger partial charge in [-0.1, -0.05) is 0 Å². The molecular weight excluding hydrogens is 390 g/mol. The lowest BCUT2D eigenvalue weighted by molar-refractivity contribution is -0.384. The van der Waals surface area contributed by atoms with Crippen molar-refractivity contribution in [3.8, 4) is 5.69 Å². The van der Waals surface area contributed by atoms with Crippen molar-refractivity contribution >= 4 is 17.9 Å². The molecule has 2 rings (SSSR count). The van der Waals surface area contributed by atoms with Crippen LogP contribution in [0.15, 0.2) is 42.7 Å². The minimum Gasteiger partial charge on any atom is -0.443 e. The van der Waals surface area contributed by atoms with Gasteiger partial charge in [-0.15, -0.1) is 0 Å². The summed E-state index contributed by atoms with van der Waals surface area (Å²) >= 11 is 0. The third-order valence-corrected chi connectivity index (χ3v) is 3.71. The molecule has 9 heteroatoms. The zero-order chi connectivity index (χ0) is 22.7. The van der Waals surface area contributed by atoms with Crippen molar-refractivity contribution in [2.45, 2.75) is 59.3 Å². The van der Waals surface area contributed by atoms with Crippen LogP contribution in [0.5, 0.6) is 0 Å². The Labute approximate surface area is 175 Å². The molecule has 1 aromatic carbocycles. The van der Waals surface area contributed by atoms with E-state index in [1.54, 1.807) is 76.7 Å². The predicted octanol–water partition coefficient (Wildman–Crippen LogP) is 5.06. The number of amides is 2. The highest BCUT2D eigenvalue weighted by molar-refractivity contribution is 5.88. The standard InChI is InChI=1S/C21H27N3O6/c1-20(2,3)29-18(25)23(19(26)30-21(4,5)6)14-15-13-16(24(27)28)9-10-17(15)22-11-7-8-12-22/h7-13H,14H2,1-6H3. The molecule has 30 heavy (non-hydrogen) atoms. The summed E-state index contributed by atoms with van der Waals surface area (Å²) in [7, 11) is 0. The Balaban J connectivity index is 2.49. The lowest BCUT2D eigenvalue weighted by Gasteiger charge is -2.29. The van der Waals surface area contributed by atoms with E-state index in [0.717, 1.165) is 4.90 Å². The molecule has 0 atom stereocenters. The van der Waals surface area contributed by atoms with Gasteiger partial charge in [-0.3, -0.25) is 10.1 Å². The van der Waals surface area contributed by atoms with Crippen LogP contribution in [0, 0.1) is 10.1 Å². The van der Waals surface area contributed by atoms with E-state index < -0.39 is 28.3 Å². The van der Waals surface area contributed by atoms with Gasteiger partial charge in [0.15, 0.2) is 0 Å². The average molecular weight is 417 g/mol. The second-order valence-corrected chi connectivity index (χ2v) is 8.71. The van der Waals surface area contributed by atoms with Crippen molar-refractivity contribution in [1.29, 1.82) is 0 Å². The summed E-state index contributed by atoms with van der Waals surface area (Å²) in [6.07, 6.45) is 1.72. The summed E-state index contributed by atoms with van der Waals surface area (Å²) in [5, 5.41) is 11.3. The van der Waals surface area contributed by atoms with Gasteiger partial charge < -0.3 is 14.0 Å². The monoisotopic (exact) mass is 417 g/mol. The van der Waals surface area contributed by atoms with E-state index in [1.807, 2.05) is 0 Å². The molecule has 0 unspecified atom stereocenters. The van der Waals surface area contributed by atoms with Crippen molar-refractivity contribution in [1.82, 2.24) is 9.47 Å². The Kier molecular flexibility index (Phi) is 6.54. The Morgan fingerprint density at radius 2 is 1.50 bits per heavy atom. The van der Waals surface area contributed by atoms with Gasteiger partial charge in [0.2, 0.25) is 0 Å². The molecule has 162 valence electrons. The molecule has 0 N–H and O–H groups in total. The Morgan fingerprint density at radius 1 is 1.00 bits per heavy atom. The minimum atomic E-state index is -0.901. The van der Waals surface area contributed by atoms with Crippen molar-refractivity contribution in [2.75, 3.05) is 0 Å². The maximum atomic E-state index is 12.8. The van der Waals surface area contributed by atoms with Gasteiger partial charge in [0.25, 0.3) is 5.69 Å². The Hall–Kier alpha value is -3.36. The average Bonchev–Trinajstić information content (AvgIpc) is 3.10. The Bertz CT molecular complexity index is 895. The highest BCUT2D eigenvalue weighted by atomic mass is 16.6. The molecule has 0 saturated carbocycles. The lowest BCUT2D eigenvalue weighted by atomic mass is 10.1. The first-order chi connectivity index (χ1) is 13.8. The van der Waals surface area contributed by atoms with E-state index in [1.165, 1.54) is 12.1 Å². The molecule has 2 amide bonds. The number of benzene rings is 1. The van der Waals surface area contributed by atoms with Gasteiger partial charge >= 0.3 is 12.2 Å². The smallest absolute Gasteiger partial charge is 0.420 e. The number of imide groups is 1. The molecule has 0 aliphatic rings. The van der Waals surface area contributed by atoms with Crippen LogP contribution in [0.3, 0.4) is 0 Å². The van der Waals surface area contributed by atoms with E-state index in [2.05, 4.69) is 0 Å². The number of aromatic nitrogens is 1. The number of nitrogens with zero attached hydrogens (tertiary/aromatic N) is 3. The van der Waals surface area contributed by atoms with Crippen LogP contribution in [0.25, 0.3) is 5.69 Å². The van der Waals surface area contributed by atoms with Gasteiger partial charge in [-0.2, -0.15) is 0 Å². The van der Waals surface area contributed by atoms with Crippen LogP contribution in [-0.4, -0.2) is 37.8 Å². The summed E-state index contributed by atoms with van der Waals surface area (Å²) in [5.41, 5.74) is -0.874. The van der Waals surface area contributed by atoms with E-state index in [0.29, 0.717) is 11.3 Å². The molecule has 0 radical (unpaired) electrons. The molecule has 0 aliphatic heterocycles.